The van der Waals surface area contributed by atoms with Gasteiger partial charge in [-0.1, -0.05) is 6.07 Å². The molecule has 0 aromatic heterocycles. The fourth-order valence-corrected chi connectivity index (χ4v) is 2.11. The number of carbonyl (C=O) groups excluding carboxylic acids is 2. The quantitative estimate of drug-likeness (QED) is 0.765. The number of nitrogens with zero attached hydrogens (tertiary/aromatic N) is 2. The highest BCUT2D eigenvalue weighted by atomic mass is 16.5. The minimum absolute atomic E-state index is 0.0336. The minimum Gasteiger partial charge on any atom is -0.492 e. The molecule has 2 amide bonds. The molecule has 2 N–H and O–H groups in total. The molecule has 1 aromatic rings. The van der Waals surface area contributed by atoms with Crippen molar-refractivity contribution < 1.29 is 14.3 Å². The van der Waals surface area contributed by atoms with Crippen LogP contribution < -0.4 is 10.5 Å². The highest BCUT2D eigenvalue weighted by Crippen LogP contribution is 2.15. The molecule has 0 bridgehead atoms. The molecular weight excluding hydrogens is 258 g/mol. The van der Waals surface area contributed by atoms with E-state index in [9.17, 15) is 9.59 Å². The first kappa shape index (κ1) is 14.3. The fraction of sp³-hybridized carbons (Fsp3) is 0.429. The number of ether oxygens (including phenoxy) is 1. The van der Waals surface area contributed by atoms with Gasteiger partial charge in [-0.25, -0.2) is 0 Å². The van der Waals surface area contributed by atoms with E-state index in [1.54, 1.807) is 34.1 Å². The SMILES string of the molecule is NCCOc1cccc(C(=O)N2CCN(C=O)CC2)c1. The number of rotatable bonds is 5. The number of benzene rings is 1. The molecule has 1 saturated heterocycles. The van der Waals surface area contributed by atoms with Gasteiger partial charge in [-0.05, 0) is 18.2 Å². The number of piperazine rings is 1. The molecule has 1 aromatic carbocycles. The van der Waals surface area contributed by atoms with Crippen molar-refractivity contribution in [2.45, 2.75) is 0 Å². The first-order valence-corrected chi connectivity index (χ1v) is 6.66. The van der Waals surface area contributed by atoms with Crippen LogP contribution in [0.5, 0.6) is 5.75 Å². The average Bonchev–Trinajstić information content (AvgIpc) is 2.52. The molecule has 0 atom stereocenters. The van der Waals surface area contributed by atoms with E-state index in [2.05, 4.69) is 0 Å². The standard InChI is InChI=1S/C14H19N3O3/c15-4-9-20-13-3-1-2-12(10-13)14(19)17-7-5-16(11-18)6-8-17/h1-3,10-11H,4-9,15H2. The maximum atomic E-state index is 12.4. The van der Waals surface area contributed by atoms with E-state index in [1.165, 1.54) is 0 Å². The van der Waals surface area contributed by atoms with Gasteiger partial charge in [-0.15, -0.1) is 0 Å². The van der Waals surface area contributed by atoms with E-state index in [0.717, 1.165) is 6.41 Å². The molecule has 1 heterocycles. The zero-order chi connectivity index (χ0) is 14.4. The molecule has 20 heavy (non-hydrogen) atoms. The van der Waals surface area contributed by atoms with Crippen LogP contribution >= 0.6 is 0 Å². The van der Waals surface area contributed by atoms with E-state index < -0.39 is 0 Å². The molecular formula is C14H19N3O3. The predicted octanol–water partition coefficient (Wildman–Crippen LogP) is -0.0617. The number of hydrogen-bond acceptors (Lipinski definition) is 4. The lowest BCUT2D eigenvalue weighted by molar-refractivity contribution is -0.119. The van der Waals surface area contributed by atoms with E-state index in [4.69, 9.17) is 10.5 Å². The van der Waals surface area contributed by atoms with Crippen LogP contribution in [0, 0.1) is 0 Å². The molecule has 0 saturated carbocycles. The fourth-order valence-electron chi connectivity index (χ4n) is 2.11. The molecule has 1 aliphatic rings. The maximum absolute atomic E-state index is 12.4. The topological polar surface area (TPSA) is 75.9 Å². The van der Waals surface area contributed by atoms with Gasteiger partial charge in [0.25, 0.3) is 5.91 Å². The van der Waals surface area contributed by atoms with E-state index in [-0.39, 0.29) is 5.91 Å². The number of amides is 2. The van der Waals surface area contributed by atoms with E-state index in [0.29, 0.717) is 50.6 Å². The molecule has 108 valence electrons. The maximum Gasteiger partial charge on any atom is 0.254 e. The molecule has 0 spiro atoms. The Labute approximate surface area is 118 Å². The van der Waals surface area contributed by atoms with Gasteiger partial charge < -0.3 is 20.3 Å². The monoisotopic (exact) mass is 277 g/mol. The molecule has 0 aliphatic carbocycles. The van der Waals surface area contributed by atoms with Gasteiger partial charge in [0.15, 0.2) is 0 Å². The van der Waals surface area contributed by atoms with Gasteiger partial charge in [-0.3, -0.25) is 9.59 Å². The summed E-state index contributed by atoms with van der Waals surface area (Å²) in [4.78, 5) is 26.4. The second-order valence-electron chi connectivity index (χ2n) is 4.60. The molecule has 1 aliphatic heterocycles. The normalized spacial score (nSPS) is 15.1. The van der Waals surface area contributed by atoms with E-state index in [1.807, 2.05) is 0 Å². The highest BCUT2D eigenvalue weighted by molar-refractivity contribution is 5.94. The zero-order valence-corrected chi connectivity index (χ0v) is 11.3. The van der Waals surface area contributed by atoms with Gasteiger partial charge >= 0.3 is 0 Å². The lowest BCUT2D eigenvalue weighted by atomic mass is 10.1. The third kappa shape index (κ3) is 3.48. The largest absolute Gasteiger partial charge is 0.492 e. The lowest BCUT2D eigenvalue weighted by Crippen LogP contribution is -2.48. The molecule has 0 unspecified atom stereocenters. The van der Waals surface area contributed by atoms with Crippen molar-refractivity contribution in [3.63, 3.8) is 0 Å². The summed E-state index contributed by atoms with van der Waals surface area (Å²) in [6.45, 7) is 3.15. The van der Waals surface area contributed by atoms with Crippen LogP contribution in [0.25, 0.3) is 0 Å². The van der Waals surface area contributed by atoms with Crippen LogP contribution in [-0.4, -0.2) is 61.4 Å². The van der Waals surface area contributed by atoms with Gasteiger partial charge in [-0.2, -0.15) is 0 Å². The van der Waals surface area contributed by atoms with Crippen molar-refractivity contribution in [1.29, 1.82) is 0 Å². The third-order valence-corrected chi connectivity index (χ3v) is 3.22. The average molecular weight is 277 g/mol. The van der Waals surface area contributed by atoms with Crippen molar-refractivity contribution in [3.05, 3.63) is 29.8 Å². The summed E-state index contributed by atoms with van der Waals surface area (Å²) in [7, 11) is 0. The first-order valence-electron chi connectivity index (χ1n) is 6.66. The van der Waals surface area contributed by atoms with Gasteiger partial charge in [0.2, 0.25) is 6.41 Å². The molecule has 2 rings (SSSR count). The smallest absolute Gasteiger partial charge is 0.254 e. The third-order valence-electron chi connectivity index (χ3n) is 3.22. The van der Waals surface area contributed by atoms with Crippen molar-refractivity contribution >= 4 is 12.3 Å². The number of nitrogens with two attached hydrogens (primary N) is 1. The summed E-state index contributed by atoms with van der Waals surface area (Å²) in [6.07, 6.45) is 0.823. The molecule has 6 heteroatoms. The van der Waals surface area contributed by atoms with Gasteiger partial charge in [0, 0.05) is 38.3 Å². The van der Waals surface area contributed by atoms with Crippen molar-refractivity contribution in [2.24, 2.45) is 5.73 Å². The molecule has 6 nitrogen and oxygen atoms in total. The van der Waals surface area contributed by atoms with Gasteiger partial charge in [0.1, 0.15) is 12.4 Å². The van der Waals surface area contributed by atoms with Crippen molar-refractivity contribution in [1.82, 2.24) is 9.80 Å². The Morgan fingerprint density at radius 1 is 1.30 bits per heavy atom. The van der Waals surface area contributed by atoms with Crippen LogP contribution in [0.2, 0.25) is 0 Å². The summed E-state index contributed by atoms with van der Waals surface area (Å²) in [6, 6.07) is 7.09. The van der Waals surface area contributed by atoms with Crippen molar-refractivity contribution in [3.8, 4) is 5.75 Å². The van der Waals surface area contributed by atoms with Gasteiger partial charge in [0.05, 0.1) is 0 Å². The Morgan fingerprint density at radius 3 is 2.70 bits per heavy atom. The summed E-state index contributed by atoms with van der Waals surface area (Å²) >= 11 is 0. The summed E-state index contributed by atoms with van der Waals surface area (Å²) in [5.74, 6) is 0.613. The lowest BCUT2D eigenvalue weighted by Gasteiger charge is -2.32. The van der Waals surface area contributed by atoms with Crippen LogP contribution in [0.4, 0.5) is 0 Å². The Kier molecular flexibility index (Phi) is 4.95. The Balaban J connectivity index is 2.00. The van der Waals surface area contributed by atoms with Crippen LogP contribution in [0.1, 0.15) is 10.4 Å². The minimum atomic E-state index is -0.0336. The Hall–Kier alpha value is -2.08. The molecule has 0 radical (unpaired) electrons. The number of carbonyl (C=O) groups is 2. The first-order chi connectivity index (χ1) is 9.74. The Morgan fingerprint density at radius 2 is 2.05 bits per heavy atom. The van der Waals surface area contributed by atoms with Crippen molar-refractivity contribution in [2.75, 3.05) is 39.3 Å². The summed E-state index contributed by atoms with van der Waals surface area (Å²) in [5, 5.41) is 0. The predicted molar refractivity (Wildman–Crippen MR) is 74.5 cm³/mol. The second kappa shape index (κ2) is 6.91. The summed E-state index contributed by atoms with van der Waals surface area (Å²) < 4.78 is 5.42. The summed E-state index contributed by atoms with van der Waals surface area (Å²) in [5.41, 5.74) is 5.98. The highest BCUT2D eigenvalue weighted by Gasteiger charge is 2.21. The van der Waals surface area contributed by atoms with Crippen LogP contribution in [0.15, 0.2) is 24.3 Å². The second-order valence-corrected chi connectivity index (χ2v) is 4.60. The molecule has 1 fully saturated rings. The van der Waals surface area contributed by atoms with Crippen LogP contribution in [0.3, 0.4) is 0 Å². The Bertz CT molecular complexity index is 470. The number of hydrogen-bond donors (Lipinski definition) is 1. The van der Waals surface area contributed by atoms with E-state index >= 15 is 0 Å². The zero-order valence-electron chi connectivity index (χ0n) is 11.3. The van der Waals surface area contributed by atoms with Crippen LogP contribution in [-0.2, 0) is 4.79 Å².